The van der Waals surface area contributed by atoms with Crippen LogP contribution in [0.5, 0.6) is 0 Å². The molecular formula is C44H74O7S. The van der Waals surface area contributed by atoms with Crippen LogP contribution in [0.1, 0.15) is 227 Å². The predicted molar refractivity (Wildman–Crippen MR) is 215 cm³/mol. The van der Waals surface area contributed by atoms with E-state index in [9.17, 15) is 22.6 Å². The topological polar surface area (TPSA) is 107 Å². The van der Waals surface area contributed by atoms with Crippen molar-refractivity contribution in [1.82, 2.24) is 0 Å². The predicted octanol–water partition coefficient (Wildman–Crippen LogP) is 14.0. The number of ether oxygens (including phenoxy) is 2. The summed E-state index contributed by atoms with van der Waals surface area (Å²) in [5.41, 5.74) is -0.835. The number of hydrogen-bond acceptors (Lipinski definition) is 6. The molecule has 0 heterocycles. The Balaban J connectivity index is 2.32. The molecular weight excluding hydrogens is 673 g/mol. The smallest absolute Gasteiger partial charge is 0.345 e. The van der Waals surface area contributed by atoms with Crippen LogP contribution in [0, 0.1) is 0 Å². The van der Waals surface area contributed by atoms with E-state index in [2.05, 4.69) is 13.8 Å². The fraction of sp³-hybridized carbons (Fsp3) is 0.727. The molecule has 0 saturated carbocycles. The Bertz CT molecular complexity index is 1200. The standard InChI is InChI=1S/C44H74O7S/c1-3-5-7-9-11-13-15-17-19-21-23-25-27-29-31-33-38-50-43(45)40-36-35-37-41(52(47,48)49)42(40)44(46)51-39-34-32-30-28-26-24-22-20-18-16-14-12-10-8-6-4-2/h33-39H,3-32H2,1-2H3,(H,47,48,49)/b38-33+,39-34+. The van der Waals surface area contributed by atoms with E-state index in [0.717, 1.165) is 38.2 Å². The van der Waals surface area contributed by atoms with E-state index in [1.54, 1.807) is 12.2 Å². The van der Waals surface area contributed by atoms with Crippen LogP contribution in [-0.4, -0.2) is 24.9 Å². The van der Waals surface area contributed by atoms with Gasteiger partial charge in [-0.25, -0.2) is 9.59 Å². The van der Waals surface area contributed by atoms with Crippen LogP contribution in [0.3, 0.4) is 0 Å². The Morgan fingerprint density at radius 1 is 0.519 bits per heavy atom. The first-order chi connectivity index (χ1) is 25.3. The second kappa shape index (κ2) is 33.1. The fourth-order valence-corrected chi connectivity index (χ4v) is 7.22. The van der Waals surface area contributed by atoms with Crippen LogP contribution in [0.2, 0.25) is 0 Å². The lowest BCUT2D eigenvalue weighted by molar-refractivity contribution is 0.0614. The molecule has 8 heteroatoms. The van der Waals surface area contributed by atoms with E-state index in [1.807, 2.05) is 0 Å². The number of carbonyl (C=O) groups excluding carboxylic acids is 2. The molecule has 1 aromatic rings. The highest BCUT2D eigenvalue weighted by atomic mass is 32.2. The molecule has 0 fully saturated rings. The second-order valence-corrected chi connectivity index (χ2v) is 15.9. The molecule has 0 radical (unpaired) electrons. The maximum Gasteiger partial charge on any atom is 0.345 e. The van der Waals surface area contributed by atoms with Gasteiger partial charge >= 0.3 is 11.9 Å². The summed E-state index contributed by atoms with van der Waals surface area (Å²) in [6.07, 6.45) is 43.3. The zero-order valence-electron chi connectivity index (χ0n) is 33.1. The first-order valence-corrected chi connectivity index (χ1v) is 22.6. The maximum absolute atomic E-state index is 13.0. The van der Waals surface area contributed by atoms with Crippen molar-refractivity contribution in [3.8, 4) is 0 Å². The Hall–Kier alpha value is -2.45. The van der Waals surface area contributed by atoms with E-state index >= 15 is 0 Å². The summed E-state index contributed by atoms with van der Waals surface area (Å²) in [4.78, 5) is 25.1. The quantitative estimate of drug-likeness (QED) is 0.0319. The minimum atomic E-state index is -4.80. The Kier molecular flexibility index (Phi) is 30.3. The summed E-state index contributed by atoms with van der Waals surface area (Å²) >= 11 is 0. The molecule has 298 valence electrons. The van der Waals surface area contributed by atoms with Crippen molar-refractivity contribution >= 4 is 22.1 Å². The Morgan fingerprint density at radius 2 is 0.846 bits per heavy atom. The van der Waals surface area contributed by atoms with Crippen LogP contribution in [0.4, 0.5) is 0 Å². The lowest BCUT2D eigenvalue weighted by Crippen LogP contribution is -2.16. The number of esters is 2. The van der Waals surface area contributed by atoms with Gasteiger partial charge in [-0.3, -0.25) is 4.55 Å². The highest BCUT2D eigenvalue weighted by molar-refractivity contribution is 7.86. The van der Waals surface area contributed by atoms with Gasteiger partial charge in [0.25, 0.3) is 10.1 Å². The molecule has 0 unspecified atom stereocenters. The van der Waals surface area contributed by atoms with Crippen molar-refractivity contribution in [2.75, 3.05) is 0 Å². The van der Waals surface area contributed by atoms with Crippen molar-refractivity contribution in [1.29, 1.82) is 0 Å². The lowest BCUT2D eigenvalue weighted by atomic mass is 10.0. The van der Waals surface area contributed by atoms with Gasteiger partial charge in [0, 0.05) is 0 Å². The Labute approximate surface area is 318 Å². The first-order valence-electron chi connectivity index (χ1n) is 21.1. The maximum atomic E-state index is 13.0. The molecule has 0 aliphatic rings. The van der Waals surface area contributed by atoms with Crippen LogP contribution in [0.15, 0.2) is 47.8 Å². The number of unbranched alkanes of at least 4 members (excludes halogenated alkanes) is 28. The van der Waals surface area contributed by atoms with Crippen LogP contribution in [0.25, 0.3) is 0 Å². The van der Waals surface area contributed by atoms with E-state index in [0.29, 0.717) is 6.42 Å². The summed E-state index contributed by atoms with van der Waals surface area (Å²) in [6, 6.07) is 3.63. The summed E-state index contributed by atoms with van der Waals surface area (Å²) in [6.45, 7) is 4.51. The minimum absolute atomic E-state index is 0.290. The second-order valence-electron chi connectivity index (χ2n) is 14.5. The largest absolute Gasteiger partial charge is 0.431 e. The van der Waals surface area contributed by atoms with Crippen LogP contribution >= 0.6 is 0 Å². The van der Waals surface area contributed by atoms with Crippen molar-refractivity contribution in [2.45, 2.75) is 211 Å². The third-order valence-electron chi connectivity index (χ3n) is 9.72. The van der Waals surface area contributed by atoms with E-state index in [1.165, 1.54) is 179 Å². The van der Waals surface area contributed by atoms with Gasteiger partial charge in [-0.15, -0.1) is 0 Å². The van der Waals surface area contributed by atoms with Gasteiger partial charge in [0.2, 0.25) is 0 Å². The van der Waals surface area contributed by atoms with Gasteiger partial charge in [-0.05, 0) is 50.0 Å². The molecule has 1 rings (SSSR count). The highest BCUT2D eigenvalue weighted by Crippen LogP contribution is 2.23. The fourth-order valence-electron chi connectivity index (χ4n) is 6.52. The number of hydrogen-bond donors (Lipinski definition) is 1. The monoisotopic (exact) mass is 747 g/mol. The van der Waals surface area contributed by atoms with Crippen molar-refractivity contribution in [3.05, 3.63) is 54.0 Å². The summed E-state index contributed by atoms with van der Waals surface area (Å²) in [5, 5.41) is 0. The molecule has 0 aliphatic heterocycles. The van der Waals surface area contributed by atoms with Gasteiger partial charge in [-0.2, -0.15) is 8.42 Å². The number of allylic oxidation sites excluding steroid dienone is 2. The van der Waals surface area contributed by atoms with Gasteiger partial charge in [0.1, 0.15) is 4.90 Å². The molecule has 0 bridgehead atoms. The van der Waals surface area contributed by atoms with E-state index in [4.69, 9.17) is 9.47 Å². The van der Waals surface area contributed by atoms with Crippen molar-refractivity contribution in [2.24, 2.45) is 0 Å². The molecule has 0 atom stereocenters. The molecule has 0 saturated heterocycles. The van der Waals surface area contributed by atoms with Gasteiger partial charge in [0.05, 0.1) is 23.7 Å². The molecule has 0 aromatic heterocycles. The Morgan fingerprint density at radius 3 is 1.19 bits per heavy atom. The van der Waals surface area contributed by atoms with Gasteiger partial charge < -0.3 is 9.47 Å². The average Bonchev–Trinajstić information content (AvgIpc) is 3.13. The number of rotatable bonds is 35. The average molecular weight is 747 g/mol. The van der Waals surface area contributed by atoms with E-state index < -0.39 is 32.5 Å². The van der Waals surface area contributed by atoms with Gasteiger partial charge in [-0.1, -0.05) is 187 Å². The molecule has 1 N–H and O–H groups in total. The molecule has 0 spiro atoms. The highest BCUT2D eigenvalue weighted by Gasteiger charge is 2.28. The third-order valence-corrected chi connectivity index (χ3v) is 10.6. The molecule has 1 aromatic carbocycles. The minimum Gasteiger partial charge on any atom is -0.431 e. The van der Waals surface area contributed by atoms with Gasteiger partial charge in [0.15, 0.2) is 0 Å². The summed E-state index contributed by atoms with van der Waals surface area (Å²) < 4.78 is 44.3. The molecule has 52 heavy (non-hydrogen) atoms. The molecule has 7 nitrogen and oxygen atoms in total. The number of benzene rings is 1. The summed E-state index contributed by atoms with van der Waals surface area (Å²) in [5.74, 6) is -1.95. The van der Waals surface area contributed by atoms with Crippen molar-refractivity contribution < 1.29 is 32.0 Å². The first kappa shape index (κ1) is 47.6. The van der Waals surface area contributed by atoms with E-state index in [-0.39, 0.29) is 5.56 Å². The SMILES string of the molecule is CCCCCCCCCCCCCCCC/C=C/OC(=O)c1cccc(S(=O)(=O)O)c1C(=O)O/C=C/CCCCCCCCCCCCCCCC. The molecule has 0 amide bonds. The van der Waals surface area contributed by atoms with Crippen LogP contribution < -0.4 is 0 Å². The number of carbonyl (C=O) groups is 2. The lowest BCUT2D eigenvalue weighted by Gasteiger charge is -2.10. The molecule has 0 aliphatic carbocycles. The van der Waals surface area contributed by atoms with Crippen molar-refractivity contribution in [3.63, 3.8) is 0 Å². The summed E-state index contributed by atoms with van der Waals surface area (Å²) in [7, 11) is -4.80. The normalized spacial score (nSPS) is 11.9. The zero-order valence-corrected chi connectivity index (χ0v) is 33.9. The third kappa shape index (κ3) is 25.5. The van der Waals surface area contributed by atoms with Crippen LogP contribution in [-0.2, 0) is 19.6 Å². The zero-order chi connectivity index (χ0) is 38.0.